The number of nitrogens with two attached hydrogens (primary N) is 1. The van der Waals surface area contributed by atoms with Crippen LogP contribution in [-0.2, 0) is 9.53 Å². The molecule has 0 aliphatic carbocycles. The molecule has 1 aliphatic rings. The molecule has 0 saturated carbocycles. The van der Waals surface area contributed by atoms with E-state index in [1.54, 1.807) is 13.0 Å². The van der Waals surface area contributed by atoms with Crippen LogP contribution in [0.25, 0.3) is 0 Å². The Morgan fingerprint density at radius 2 is 2.04 bits per heavy atom. The van der Waals surface area contributed by atoms with Gasteiger partial charge in [-0.2, -0.15) is 0 Å². The predicted octanol–water partition coefficient (Wildman–Crippen LogP) is 1.75. The molecule has 0 radical (unpaired) electrons. The lowest BCUT2D eigenvalue weighted by molar-refractivity contribution is -0.124. The number of rotatable bonds is 6. The number of hydrogen-bond donors (Lipinski definition) is 2. The fourth-order valence-electron chi connectivity index (χ4n) is 2.54. The second-order valence-electron chi connectivity index (χ2n) is 5.60. The van der Waals surface area contributed by atoms with Crippen LogP contribution >= 0.6 is 24.8 Å². The minimum atomic E-state index is -0.266. The summed E-state index contributed by atoms with van der Waals surface area (Å²) in [5.74, 6) is -0.563. The molecule has 24 heavy (non-hydrogen) atoms. The number of halogens is 3. The lowest BCUT2D eigenvalue weighted by atomic mass is 10.0. The topological polar surface area (TPSA) is 67.6 Å². The molecule has 2 unspecified atom stereocenters. The Morgan fingerprint density at radius 3 is 2.62 bits per heavy atom. The average molecular weight is 382 g/mol. The third kappa shape index (κ3) is 6.53. The maximum atomic E-state index is 13.5. The highest BCUT2D eigenvalue weighted by molar-refractivity contribution is 5.85. The van der Waals surface area contributed by atoms with E-state index in [0.717, 1.165) is 18.7 Å². The Labute approximate surface area is 154 Å². The molecule has 5 nitrogen and oxygen atoms in total. The Balaban J connectivity index is 0.00000264. The number of carbonyl (C=O) groups excluding carboxylic acids is 1. The highest BCUT2D eigenvalue weighted by atomic mass is 35.5. The maximum absolute atomic E-state index is 13.5. The highest BCUT2D eigenvalue weighted by Crippen LogP contribution is 2.22. The molecule has 1 aromatic carbocycles. The Bertz CT molecular complexity index is 502. The van der Waals surface area contributed by atoms with Crippen molar-refractivity contribution in [2.75, 3.05) is 39.4 Å². The molecule has 1 aliphatic heterocycles. The van der Waals surface area contributed by atoms with Crippen molar-refractivity contribution in [1.82, 2.24) is 10.2 Å². The molecule has 1 saturated heterocycles. The van der Waals surface area contributed by atoms with Gasteiger partial charge in [-0.05, 0) is 17.7 Å². The van der Waals surface area contributed by atoms with Gasteiger partial charge in [0, 0.05) is 32.1 Å². The number of nitrogens with one attached hydrogen (secondary N) is 1. The summed E-state index contributed by atoms with van der Waals surface area (Å²) in [7, 11) is 0. The van der Waals surface area contributed by atoms with Gasteiger partial charge in [0.1, 0.15) is 5.82 Å². The standard InChI is InChI=1S/C16H24FN3O2.2ClH/c1-12(10-18)16(21)19-11-15(20-5-7-22-8-6-20)13-3-2-4-14(17)9-13;;/h2-4,9,12,15H,5-8,10-11,18H2,1H3,(H,19,21);2*1H. The summed E-state index contributed by atoms with van der Waals surface area (Å²) in [4.78, 5) is 14.2. The summed E-state index contributed by atoms with van der Waals surface area (Å²) < 4.78 is 18.9. The largest absolute Gasteiger partial charge is 0.379 e. The fourth-order valence-corrected chi connectivity index (χ4v) is 2.54. The van der Waals surface area contributed by atoms with Crippen molar-refractivity contribution in [2.45, 2.75) is 13.0 Å². The van der Waals surface area contributed by atoms with E-state index in [9.17, 15) is 9.18 Å². The van der Waals surface area contributed by atoms with Gasteiger partial charge in [0.15, 0.2) is 0 Å². The highest BCUT2D eigenvalue weighted by Gasteiger charge is 2.24. The first-order chi connectivity index (χ1) is 10.6. The maximum Gasteiger partial charge on any atom is 0.224 e. The van der Waals surface area contributed by atoms with E-state index in [1.165, 1.54) is 12.1 Å². The van der Waals surface area contributed by atoms with Gasteiger partial charge in [0.25, 0.3) is 0 Å². The van der Waals surface area contributed by atoms with Crippen LogP contribution in [0, 0.1) is 11.7 Å². The van der Waals surface area contributed by atoms with Crippen LogP contribution in [0.2, 0.25) is 0 Å². The van der Waals surface area contributed by atoms with Gasteiger partial charge in [-0.25, -0.2) is 4.39 Å². The van der Waals surface area contributed by atoms with E-state index in [2.05, 4.69) is 10.2 Å². The predicted molar refractivity (Wildman–Crippen MR) is 97.3 cm³/mol. The van der Waals surface area contributed by atoms with Crippen LogP contribution in [0.1, 0.15) is 18.5 Å². The lowest BCUT2D eigenvalue weighted by Gasteiger charge is -2.35. The molecule has 138 valence electrons. The molecule has 1 heterocycles. The minimum absolute atomic E-state index is 0. The number of hydrogen-bond acceptors (Lipinski definition) is 4. The van der Waals surface area contributed by atoms with E-state index in [0.29, 0.717) is 26.3 Å². The number of amides is 1. The van der Waals surface area contributed by atoms with Gasteiger partial charge >= 0.3 is 0 Å². The third-order valence-electron chi connectivity index (χ3n) is 3.99. The van der Waals surface area contributed by atoms with E-state index in [4.69, 9.17) is 10.5 Å². The van der Waals surface area contributed by atoms with Crippen molar-refractivity contribution < 1.29 is 13.9 Å². The zero-order chi connectivity index (χ0) is 15.9. The lowest BCUT2D eigenvalue weighted by Crippen LogP contribution is -2.45. The van der Waals surface area contributed by atoms with Crippen LogP contribution in [-0.4, -0.2) is 50.2 Å². The van der Waals surface area contributed by atoms with E-state index in [1.807, 2.05) is 6.07 Å². The third-order valence-corrected chi connectivity index (χ3v) is 3.99. The van der Waals surface area contributed by atoms with Gasteiger partial charge in [-0.1, -0.05) is 19.1 Å². The summed E-state index contributed by atoms with van der Waals surface area (Å²) in [6, 6.07) is 6.48. The molecule has 2 atom stereocenters. The molecule has 8 heteroatoms. The Morgan fingerprint density at radius 1 is 1.38 bits per heavy atom. The average Bonchev–Trinajstić information content (AvgIpc) is 2.55. The van der Waals surface area contributed by atoms with Gasteiger partial charge in [-0.3, -0.25) is 9.69 Å². The molecule has 1 amide bonds. The van der Waals surface area contributed by atoms with Crippen LogP contribution in [0.15, 0.2) is 24.3 Å². The van der Waals surface area contributed by atoms with E-state index >= 15 is 0 Å². The zero-order valence-corrected chi connectivity index (χ0v) is 15.4. The molecule has 2 rings (SSSR count). The molecule has 1 aromatic rings. The molecule has 0 aromatic heterocycles. The summed E-state index contributed by atoms with van der Waals surface area (Å²) in [5.41, 5.74) is 6.38. The van der Waals surface area contributed by atoms with Gasteiger partial charge in [0.05, 0.1) is 19.3 Å². The van der Waals surface area contributed by atoms with Crippen LogP contribution in [0.3, 0.4) is 0 Å². The summed E-state index contributed by atoms with van der Waals surface area (Å²) in [5, 5.41) is 2.92. The van der Waals surface area contributed by atoms with Crippen LogP contribution in [0.4, 0.5) is 4.39 Å². The summed E-state index contributed by atoms with van der Waals surface area (Å²) in [6.45, 7) is 5.38. The number of nitrogens with zero attached hydrogens (tertiary/aromatic N) is 1. The van der Waals surface area contributed by atoms with Crippen molar-refractivity contribution in [3.63, 3.8) is 0 Å². The van der Waals surface area contributed by atoms with E-state index < -0.39 is 0 Å². The molecule has 0 bridgehead atoms. The Kier molecular flexibility index (Phi) is 11.2. The van der Waals surface area contributed by atoms with Crippen molar-refractivity contribution in [3.8, 4) is 0 Å². The second kappa shape index (κ2) is 11.6. The molecule has 1 fully saturated rings. The fraction of sp³-hybridized carbons (Fsp3) is 0.562. The van der Waals surface area contributed by atoms with Crippen LogP contribution in [0.5, 0.6) is 0 Å². The monoisotopic (exact) mass is 381 g/mol. The zero-order valence-electron chi connectivity index (χ0n) is 13.7. The number of carbonyl (C=O) groups is 1. The molecule has 0 spiro atoms. The van der Waals surface area contributed by atoms with Crippen molar-refractivity contribution in [3.05, 3.63) is 35.6 Å². The Hall–Kier alpha value is -0.920. The smallest absolute Gasteiger partial charge is 0.224 e. The number of benzene rings is 1. The minimum Gasteiger partial charge on any atom is -0.379 e. The van der Waals surface area contributed by atoms with Crippen molar-refractivity contribution >= 4 is 30.7 Å². The van der Waals surface area contributed by atoms with Crippen LogP contribution < -0.4 is 11.1 Å². The number of morpholine rings is 1. The van der Waals surface area contributed by atoms with Gasteiger partial charge in [-0.15, -0.1) is 24.8 Å². The van der Waals surface area contributed by atoms with Gasteiger partial charge in [0.2, 0.25) is 5.91 Å². The SMILES string of the molecule is CC(CN)C(=O)NCC(c1cccc(F)c1)N1CCOCC1.Cl.Cl. The summed E-state index contributed by atoms with van der Waals surface area (Å²) >= 11 is 0. The first kappa shape index (κ1) is 23.1. The van der Waals surface area contributed by atoms with Crippen molar-refractivity contribution in [2.24, 2.45) is 11.7 Å². The van der Waals surface area contributed by atoms with Crippen molar-refractivity contribution in [1.29, 1.82) is 0 Å². The van der Waals surface area contributed by atoms with E-state index in [-0.39, 0.29) is 48.5 Å². The normalized spacial score (nSPS) is 17.1. The quantitative estimate of drug-likeness (QED) is 0.787. The van der Waals surface area contributed by atoms with Gasteiger partial charge < -0.3 is 15.8 Å². The number of ether oxygens (including phenoxy) is 1. The molecule has 3 N–H and O–H groups in total. The molecular weight excluding hydrogens is 356 g/mol. The molecular formula is C16H26Cl2FN3O2. The summed E-state index contributed by atoms with van der Waals surface area (Å²) in [6.07, 6.45) is 0. The first-order valence-electron chi connectivity index (χ1n) is 7.67. The first-order valence-corrected chi connectivity index (χ1v) is 7.67. The second-order valence-corrected chi connectivity index (χ2v) is 5.60.